The molecule has 1 aliphatic rings. The number of anilines is 1. The van der Waals surface area contributed by atoms with E-state index in [9.17, 15) is 4.79 Å². The zero-order valence-electron chi connectivity index (χ0n) is 14.0. The van der Waals surface area contributed by atoms with Gasteiger partial charge in [0.25, 0.3) is 5.91 Å². The Balaban J connectivity index is 2.19. The summed E-state index contributed by atoms with van der Waals surface area (Å²) in [6.45, 7) is 7.38. The van der Waals surface area contributed by atoms with Crippen LogP contribution in [0.5, 0.6) is 0 Å². The molecule has 0 bridgehead atoms. The molecular formula is C15H18N6OS. The molecule has 0 saturated carbocycles. The summed E-state index contributed by atoms with van der Waals surface area (Å²) in [4.78, 5) is 27.9. The molecule has 1 aliphatic heterocycles. The number of carbonyl (C=O) groups excluding carboxylic acids is 1. The lowest BCUT2D eigenvalue weighted by Crippen LogP contribution is -2.27. The number of aryl methyl sites for hydroxylation is 2. The standard InChI is InChI=1S/C15H18N6OS/c1-7-8(2)14(22)21-12(17-10(4)19-21)11(7)18-13-9(3)16-15(23-13)20(5)6/h1-6H3. The maximum Gasteiger partial charge on any atom is 0.276 e. The normalized spacial score (nSPS) is 16.3. The number of carbonyl (C=O) groups is 1. The first kappa shape index (κ1) is 15.5. The van der Waals surface area contributed by atoms with Crippen LogP contribution in [0.2, 0.25) is 0 Å². The van der Waals surface area contributed by atoms with E-state index in [1.54, 1.807) is 13.8 Å². The molecule has 7 nitrogen and oxygen atoms in total. The van der Waals surface area contributed by atoms with E-state index in [0.717, 1.165) is 21.4 Å². The summed E-state index contributed by atoms with van der Waals surface area (Å²) in [7, 11) is 3.90. The van der Waals surface area contributed by atoms with Crippen LogP contribution in [0.3, 0.4) is 0 Å². The fraction of sp³-hybridized carbons (Fsp3) is 0.400. The van der Waals surface area contributed by atoms with Gasteiger partial charge in [0.15, 0.2) is 11.0 Å². The third kappa shape index (κ3) is 2.48. The van der Waals surface area contributed by atoms with Gasteiger partial charge in [-0.25, -0.2) is 15.0 Å². The van der Waals surface area contributed by atoms with E-state index in [2.05, 4.69) is 15.1 Å². The lowest BCUT2D eigenvalue weighted by Gasteiger charge is -2.16. The number of nitrogens with zero attached hydrogens (tertiary/aromatic N) is 6. The van der Waals surface area contributed by atoms with E-state index in [1.165, 1.54) is 16.0 Å². The van der Waals surface area contributed by atoms with Crippen LogP contribution >= 0.6 is 11.3 Å². The Morgan fingerprint density at radius 1 is 1.09 bits per heavy atom. The van der Waals surface area contributed by atoms with Gasteiger partial charge in [0.05, 0.1) is 5.69 Å². The maximum atomic E-state index is 12.3. The number of aromatic nitrogens is 4. The molecule has 0 amide bonds. The summed E-state index contributed by atoms with van der Waals surface area (Å²) in [6.07, 6.45) is 0. The average Bonchev–Trinajstić information content (AvgIpc) is 3.05. The second-order valence-corrected chi connectivity index (χ2v) is 6.65. The van der Waals surface area contributed by atoms with E-state index in [4.69, 9.17) is 4.99 Å². The van der Waals surface area contributed by atoms with Crippen LogP contribution in [0.15, 0.2) is 16.1 Å². The van der Waals surface area contributed by atoms with Crippen LogP contribution in [0, 0.1) is 13.8 Å². The fourth-order valence-corrected chi connectivity index (χ4v) is 3.15. The van der Waals surface area contributed by atoms with Gasteiger partial charge in [-0.2, -0.15) is 4.68 Å². The summed E-state index contributed by atoms with van der Waals surface area (Å²) in [5, 5.41) is 5.90. The third-order valence-corrected chi connectivity index (χ3v) is 4.93. The molecule has 0 unspecified atom stereocenters. The smallest absolute Gasteiger partial charge is 0.276 e. The van der Waals surface area contributed by atoms with E-state index in [-0.39, 0.29) is 5.91 Å². The number of hydrogen-bond acceptors (Lipinski definition) is 7. The Kier molecular flexibility index (Phi) is 3.63. The number of aliphatic imine (C=N–C) groups is 1. The summed E-state index contributed by atoms with van der Waals surface area (Å²) >= 11 is 1.51. The fourth-order valence-electron chi connectivity index (χ4n) is 2.28. The van der Waals surface area contributed by atoms with Crippen molar-refractivity contribution >= 4 is 33.1 Å². The molecule has 3 heterocycles. The van der Waals surface area contributed by atoms with Crippen molar-refractivity contribution in [1.29, 1.82) is 0 Å². The zero-order chi connectivity index (χ0) is 16.9. The Labute approximate surface area is 138 Å². The van der Waals surface area contributed by atoms with Crippen LogP contribution in [0.25, 0.3) is 0 Å². The second kappa shape index (κ2) is 5.38. The Morgan fingerprint density at radius 2 is 1.78 bits per heavy atom. The molecular weight excluding hydrogens is 312 g/mol. The van der Waals surface area contributed by atoms with E-state index >= 15 is 0 Å². The molecule has 0 spiro atoms. The molecule has 120 valence electrons. The summed E-state index contributed by atoms with van der Waals surface area (Å²) in [6, 6.07) is 0. The molecule has 0 saturated heterocycles. The zero-order valence-corrected chi connectivity index (χ0v) is 14.8. The van der Waals surface area contributed by atoms with Crippen LogP contribution in [-0.2, 0) is 0 Å². The van der Waals surface area contributed by atoms with Crippen molar-refractivity contribution in [2.75, 3.05) is 19.0 Å². The molecule has 2 aromatic heterocycles. The van der Waals surface area contributed by atoms with Crippen LogP contribution in [0.1, 0.15) is 36.0 Å². The number of fused-ring (bicyclic) bond motifs is 1. The second-order valence-electron chi connectivity index (χ2n) is 5.69. The van der Waals surface area contributed by atoms with Crippen molar-refractivity contribution < 1.29 is 4.79 Å². The molecule has 0 atom stereocenters. The van der Waals surface area contributed by atoms with Crippen molar-refractivity contribution in [3.05, 3.63) is 28.5 Å². The highest BCUT2D eigenvalue weighted by molar-refractivity contribution is 7.19. The van der Waals surface area contributed by atoms with Gasteiger partial charge in [0.1, 0.15) is 16.5 Å². The van der Waals surface area contributed by atoms with Crippen LogP contribution in [-0.4, -0.2) is 45.5 Å². The van der Waals surface area contributed by atoms with Gasteiger partial charge in [-0.15, -0.1) is 5.10 Å². The molecule has 0 fully saturated rings. The highest BCUT2D eigenvalue weighted by Gasteiger charge is 2.29. The van der Waals surface area contributed by atoms with Crippen molar-refractivity contribution in [2.45, 2.75) is 27.7 Å². The molecule has 0 N–H and O–H groups in total. The number of allylic oxidation sites excluding steroid dienone is 2. The van der Waals surface area contributed by atoms with Gasteiger partial charge >= 0.3 is 0 Å². The lowest BCUT2D eigenvalue weighted by atomic mass is 10.0. The van der Waals surface area contributed by atoms with Crippen molar-refractivity contribution in [3.8, 4) is 0 Å². The minimum absolute atomic E-state index is 0.146. The number of hydrogen-bond donors (Lipinski definition) is 0. The van der Waals surface area contributed by atoms with E-state index < -0.39 is 0 Å². The van der Waals surface area contributed by atoms with Crippen molar-refractivity contribution in [3.63, 3.8) is 0 Å². The van der Waals surface area contributed by atoms with Crippen molar-refractivity contribution in [2.24, 2.45) is 4.99 Å². The van der Waals surface area contributed by atoms with E-state index in [1.807, 2.05) is 32.8 Å². The highest BCUT2D eigenvalue weighted by Crippen LogP contribution is 2.34. The number of rotatable bonds is 2. The summed E-state index contributed by atoms with van der Waals surface area (Å²) < 4.78 is 1.33. The first-order valence-electron chi connectivity index (χ1n) is 7.19. The highest BCUT2D eigenvalue weighted by atomic mass is 32.1. The predicted octanol–water partition coefficient (Wildman–Crippen LogP) is 2.53. The van der Waals surface area contributed by atoms with Crippen LogP contribution in [0.4, 0.5) is 10.1 Å². The topological polar surface area (TPSA) is 76.3 Å². The molecule has 8 heteroatoms. The number of thiazole rings is 1. The molecule has 3 rings (SSSR count). The van der Waals surface area contributed by atoms with Gasteiger partial charge in [-0.3, -0.25) is 4.79 Å². The minimum atomic E-state index is -0.146. The molecule has 0 radical (unpaired) electrons. The lowest BCUT2D eigenvalue weighted by molar-refractivity contribution is 0.0936. The van der Waals surface area contributed by atoms with E-state index in [0.29, 0.717) is 22.9 Å². The Hall–Kier alpha value is -2.35. The van der Waals surface area contributed by atoms with Gasteiger partial charge in [-0.05, 0) is 33.3 Å². The van der Waals surface area contributed by atoms with Gasteiger partial charge in [0, 0.05) is 19.7 Å². The first-order valence-corrected chi connectivity index (χ1v) is 8.01. The van der Waals surface area contributed by atoms with Gasteiger partial charge in [0.2, 0.25) is 0 Å². The third-order valence-electron chi connectivity index (χ3n) is 3.71. The van der Waals surface area contributed by atoms with Gasteiger partial charge in [-0.1, -0.05) is 11.3 Å². The molecule has 0 aliphatic carbocycles. The largest absolute Gasteiger partial charge is 0.354 e. The molecule has 2 aromatic rings. The molecule has 0 aromatic carbocycles. The predicted molar refractivity (Wildman–Crippen MR) is 91.1 cm³/mol. The monoisotopic (exact) mass is 330 g/mol. The SMILES string of the molecule is CC1=C(C)C(=Nc2sc(N(C)C)nc2C)c2nc(C)nn2C1=O. The minimum Gasteiger partial charge on any atom is -0.354 e. The molecule has 23 heavy (non-hydrogen) atoms. The first-order chi connectivity index (χ1) is 10.8. The Bertz CT molecular complexity index is 871. The Morgan fingerprint density at radius 3 is 2.39 bits per heavy atom. The van der Waals surface area contributed by atoms with Crippen LogP contribution < -0.4 is 4.90 Å². The average molecular weight is 330 g/mol. The summed E-state index contributed by atoms with van der Waals surface area (Å²) in [5.41, 5.74) is 3.00. The quantitative estimate of drug-likeness (QED) is 0.845. The summed E-state index contributed by atoms with van der Waals surface area (Å²) in [5.74, 6) is 0.903. The van der Waals surface area contributed by atoms with Crippen molar-refractivity contribution in [1.82, 2.24) is 19.7 Å². The maximum absolute atomic E-state index is 12.3. The van der Waals surface area contributed by atoms with Gasteiger partial charge < -0.3 is 4.90 Å².